The van der Waals surface area contributed by atoms with E-state index in [-0.39, 0.29) is 11.8 Å². The Morgan fingerprint density at radius 3 is 2.65 bits per heavy atom. The lowest BCUT2D eigenvalue weighted by atomic mass is 10.1. The fraction of sp³-hybridized carbons (Fsp3) is 0.611. The predicted molar refractivity (Wildman–Crippen MR) is 91.6 cm³/mol. The minimum Gasteiger partial charge on any atom is -0.381 e. The number of nitrogens with zero attached hydrogens (tertiary/aromatic N) is 2. The Balaban J connectivity index is 1.29. The van der Waals surface area contributed by atoms with Crippen molar-refractivity contribution >= 4 is 11.6 Å². The number of carbonyl (C=O) groups is 1. The fourth-order valence-electron chi connectivity index (χ4n) is 3.27. The number of ether oxygens (including phenoxy) is 1. The second-order valence-corrected chi connectivity index (χ2v) is 6.37. The topological polar surface area (TPSA) is 44.8 Å². The molecule has 0 aliphatic carbocycles. The monoisotopic (exact) mass is 317 g/mol. The van der Waals surface area contributed by atoms with Gasteiger partial charge >= 0.3 is 0 Å². The molecule has 1 amide bonds. The lowest BCUT2D eigenvalue weighted by molar-refractivity contribution is -0.124. The van der Waals surface area contributed by atoms with Crippen molar-refractivity contribution < 1.29 is 9.53 Å². The number of hydrogen-bond donors (Lipinski definition) is 1. The second-order valence-electron chi connectivity index (χ2n) is 6.37. The Morgan fingerprint density at radius 2 is 1.96 bits per heavy atom. The summed E-state index contributed by atoms with van der Waals surface area (Å²) in [5.74, 6) is 0.237. The van der Waals surface area contributed by atoms with E-state index in [1.807, 2.05) is 0 Å². The van der Waals surface area contributed by atoms with Crippen molar-refractivity contribution in [2.75, 3.05) is 57.4 Å². The maximum Gasteiger partial charge on any atom is 0.225 e. The van der Waals surface area contributed by atoms with Crippen LogP contribution in [0.2, 0.25) is 0 Å². The molecule has 0 bridgehead atoms. The van der Waals surface area contributed by atoms with Crippen LogP contribution >= 0.6 is 0 Å². The zero-order valence-corrected chi connectivity index (χ0v) is 13.7. The number of hydrogen-bond acceptors (Lipinski definition) is 4. The molecule has 0 radical (unpaired) electrons. The molecule has 1 atom stereocenters. The Hall–Kier alpha value is -1.59. The summed E-state index contributed by atoms with van der Waals surface area (Å²) in [6.07, 6.45) is 1.89. The molecule has 5 heteroatoms. The van der Waals surface area contributed by atoms with Crippen LogP contribution in [0.25, 0.3) is 0 Å². The van der Waals surface area contributed by atoms with E-state index in [1.165, 1.54) is 5.69 Å². The number of benzene rings is 1. The lowest BCUT2D eigenvalue weighted by Crippen LogP contribution is -2.47. The number of carbonyl (C=O) groups excluding carboxylic acids is 1. The molecule has 5 nitrogen and oxygen atoms in total. The van der Waals surface area contributed by atoms with Crippen LogP contribution in [0.1, 0.15) is 12.8 Å². The molecule has 2 heterocycles. The second kappa shape index (κ2) is 8.31. The van der Waals surface area contributed by atoms with Gasteiger partial charge in [-0.25, -0.2) is 0 Å². The van der Waals surface area contributed by atoms with Crippen molar-refractivity contribution in [2.24, 2.45) is 5.92 Å². The minimum absolute atomic E-state index is 0.0735. The number of para-hydroxylation sites is 1. The molecule has 2 saturated heterocycles. The normalized spacial score (nSPS) is 22.3. The highest BCUT2D eigenvalue weighted by molar-refractivity contribution is 5.78. The van der Waals surface area contributed by atoms with Crippen LogP contribution in [-0.4, -0.2) is 63.3 Å². The quantitative estimate of drug-likeness (QED) is 0.805. The molecular formula is C18H27N3O2. The third-order valence-electron chi connectivity index (χ3n) is 4.74. The van der Waals surface area contributed by atoms with Gasteiger partial charge in [-0.2, -0.15) is 0 Å². The molecule has 1 N–H and O–H groups in total. The highest BCUT2D eigenvalue weighted by Gasteiger charge is 2.23. The van der Waals surface area contributed by atoms with Crippen LogP contribution in [0.3, 0.4) is 0 Å². The maximum absolute atomic E-state index is 11.9. The van der Waals surface area contributed by atoms with Gasteiger partial charge in [0, 0.05) is 45.0 Å². The first-order valence-corrected chi connectivity index (χ1v) is 8.71. The van der Waals surface area contributed by atoms with E-state index in [2.05, 4.69) is 45.4 Å². The Bertz CT molecular complexity index is 480. The average molecular weight is 317 g/mol. The number of rotatable bonds is 6. The van der Waals surface area contributed by atoms with Gasteiger partial charge in [0.05, 0.1) is 12.5 Å². The van der Waals surface area contributed by atoms with E-state index >= 15 is 0 Å². The first-order valence-electron chi connectivity index (χ1n) is 8.71. The third-order valence-corrected chi connectivity index (χ3v) is 4.74. The molecular weight excluding hydrogens is 290 g/mol. The van der Waals surface area contributed by atoms with Gasteiger partial charge in [0.2, 0.25) is 5.91 Å². The molecule has 0 saturated carbocycles. The zero-order chi connectivity index (χ0) is 15.9. The molecule has 1 aromatic rings. The first-order chi connectivity index (χ1) is 11.3. The Kier molecular flexibility index (Phi) is 5.88. The van der Waals surface area contributed by atoms with Crippen molar-refractivity contribution in [3.8, 4) is 0 Å². The molecule has 23 heavy (non-hydrogen) atoms. The van der Waals surface area contributed by atoms with Crippen LogP contribution in [0.15, 0.2) is 30.3 Å². The summed E-state index contributed by atoms with van der Waals surface area (Å²) in [7, 11) is 0. The molecule has 3 rings (SSSR count). The van der Waals surface area contributed by atoms with Gasteiger partial charge in [-0.05, 0) is 31.5 Å². The van der Waals surface area contributed by atoms with Crippen LogP contribution < -0.4 is 10.2 Å². The summed E-state index contributed by atoms with van der Waals surface area (Å²) in [6.45, 7) is 7.50. The Labute approximate surface area is 138 Å². The summed E-state index contributed by atoms with van der Waals surface area (Å²) < 4.78 is 5.25. The van der Waals surface area contributed by atoms with Crippen LogP contribution in [0, 0.1) is 5.92 Å². The van der Waals surface area contributed by atoms with Gasteiger partial charge in [0.25, 0.3) is 0 Å². The molecule has 2 aliphatic heterocycles. The van der Waals surface area contributed by atoms with Crippen molar-refractivity contribution in [2.45, 2.75) is 12.8 Å². The van der Waals surface area contributed by atoms with Crippen molar-refractivity contribution in [1.82, 2.24) is 10.2 Å². The van der Waals surface area contributed by atoms with Crippen LogP contribution in [-0.2, 0) is 9.53 Å². The average Bonchev–Trinajstić information content (AvgIpc) is 3.15. The molecule has 1 unspecified atom stereocenters. The van der Waals surface area contributed by atoms with E-state index < -0.39 is 0 Å². The fourth-order valence-corrected chi connectivity index (χ4v) is 3.27. The molecule has 1 aromatic carbocycles. The molecule has 0 spiro atoms. The number of piperazine rings is 1. The highest BCUT2D eigenvalue weighted by atomic mass is 16.5. The lowest BCUT2D eigenvalue weighted by Gasteiger charge is -2.36. The summed E-state index contributed by atoms with van der Waals surface area (Å²) >= 11 is 0. The summed E-state index contributed by atoms with van der Waals surface area (Å²) in [6, 6.07) is 10.6. The largest absolute Gasteiger partial charge is 0.381 e. The van der Waals surface area contributed by atoms with E-state index in [9.17, 15) is 4.79 Å². The van der Waals surface area contributed by atoms with E-state index in [4.69, 9.17) is 4.74 Å². The van der Waals surface area contributed by atoms with Gasteiger partial charge in [-0.1, -0.05) is 18.2 Å². The van der Waals surface area contributed by atoms with E-state index in [0.29, 0.717) is 6.61 Å². The van der Waals surface area contributed by atoms with Crippen molar-refractivity contribution in [1.29, 1.82) is 0 Å². The van der Waals surface area contributed by atoms with Gasteiger partial charge < -0.3 is 15.0 Å². The molecule has 2 aliphatic rings. The van der Waals surface area contributed by atoms with Gasteiger partial charge in [0.15, 0.2) is 0 Å². The number of amides is 1. The van der Waals surface area contributed by atoms with E-state index in [0.717, 1.165) is 58.7 Å². The number of nitrogens with one attached hydrogen (secondary N) is 1. The summed E-state index contributed by atoms with van der Waals surface area (Å²) in [4.78, 5) is 16.8. The minimum atomic E-state index is 0.0735. The van der Waals surface area contributed by atoms with Crippen molar-refractivity contribution in [3.63, 3.8) is 0 Å². The molecule has 2 fully saturated rings. The third kappa shape index (κ3) is 4.69. The molecule has 0 aromatic heterocycles. The first kappa shape index (κ1) is 16.3. The Morgan fingerprint density at radius 1 is 1.17 bits per heavy atom. The van der Waals surface area contributed by atoms with Gasteiger partial charge in [0.1, 0.15) is 0 Å². The summed E-state index contributed by atoms with van der Waals surface area (Å²) in [5, 5.41) is 3.04. The maximum atomic E-state index is 11.9. The van der Waals surface area contributed by atoms with E-state index in [1.54, 1.807) is 0 Å². The van der Waals surface area contributed by atoms with Crippen LogP contribution in [0.4, 0.5) is 5.69 Å². The highest BCUT2D eigenvalue weighted by Crippen LogP contribution is 2.15. The summed E-state index contributed by atoms with van der Waals surface area (Å²) in [5.41, 5.74) is 1.32. The zero-order valence-electron chi connectivity index (χ0n) is 13.7. The van der Waals surface area contributed by atoms with Gasteiger partial charge in [-0.3, -0.25) is 9.69 Å². The van der Waals surface area contributed by atoms with Gasteiger partial charge in [-0.15, -0.1) is 0 Å². The molecule has 126 valence electrons. The SMILES string of the molecule is O=C(NCCCN1CCN(c2ccccc2)CC1)C1CCOC1. The number of anilines is 1. The standard InChI is InChI=1S/C18H27N3O2/c22-18(16-7-14-23-15-16)19-8-4-9-20-10-12-21(13-11-20)17-5-2-1-3-6-17/h1-3,5-6,16H,4,7-15H2,(H,19,22). The predicted octanol–water partition coefficient (Wildman–Crippen LogP) is 1.35. The smallest absolute Gasteiger partial charge is 0.225 e. The van der Waals surface area contributed by atoms with Crippen LogP contribution in [0.5, 0.6) is 0 Å². The van der Waals surface area contributed by atoms with Crippen molar-refractivity contribution in [3.05, 3.63) is 30.3 Å².